The van der Waals surface area contributed by atoms with Crippen molar-refractivity contribution in [3.8, 4) is 0 Å². The highest BCUT2D eigenvalue weighted by Crippen LogP contribution is 1.97. The van der Waals surface area contributed by atoms with Gasteiger partial charge in [-0.2, -0.15) is 0 Å². The topological polar surface area (TPSA) is 24.9 Å². The second kappa shape index (κ2) is 6.81. The van der Waals surface area contributed by atoms with Crippen molar-refractivity contribution in [2.75, 3.05) is 11.9 Å². The van der Waals surface area contributed by atoms with Gasteiger partial charge in [0, 0.05) is 12.7 Å². The van der Waals surface area contributed by atoms with E-state index in [0.717, 1.165) is 12.4 Å². The zero-order valence-corrected chi connectivity index (χ0v) is 6.88. The van der Waals surface area contributed by atoms with E-state index in [0.29, 0.717) is 0 Å². The van der Waals surface area contributed by atoms with Gasteiger partial charge in [0.2, 0.25) is 0 Å². The highest BCUT2D eigenvalue weighted by molar-refractivity contribution is 5.32. The van der Waals surface area contributed by atoms with Gasteiger partial charge in [-0.05, 0) is 19.1 Å². The van der Waals surface area contributed by atoms with Gasteiger partial charge in [-0.15, -0.1) is 13.2 Å². The summed E-state index contributed by atoms with van der Waals surface area (Å²) in [6.45, 7) is 8.98. The minimum Gasteiger partial charge on any atom is -0.370 e. The monoisotopic (exact) mass is 150 g/mol. The number of aromatic nitrogens is 1. The van der Waals surface area contributed by atoms with Crippen LogP contribution >= 0.6 is 0 Å². The highest BCUT2D eigenvalue weighted by atomic mass is 15.0. The first-order valence-corrected chi connectivity index (χ1v) is 3.58. The van der Waals surface area contributed by atoms with Crippen molar-refractivity contribution in [3.05, 3.63) is 37.6 Å². The van der Waals surface area contributed by atoms with Crippen LogP contribution in [0.4, 0.5) is 5.82 Å². The van der Waals surface area contributed by atoms with E-state index in [2.05, 4.69) is 30.4 Å². The maximum atomic E-state index is 4.06. The summed E-state index contributed by atoms with van der Waals surface area (Å²) in [4.78, 5) is 4.06. The molecule has 0 amide bonds. The molecule has 0 aliphatic rings. The zero-order chi connectivity index (χ0) is 8.53. The molecule has 0 aliphatic carbocycles. The average molecular weight is 150 g/mol. The van der Waals surface area contributed by atoms with Crippen LogP contribution in [-0.4, -0.2) is 11.5 Å². The molecular weight excluding hydrogens is 136 g/mol. The van der Waals surface area contributed by atoms with Crippen LogP contribution in [0.25, 0.3) is 0 Å². The quantitative estimate of drug-likeness (QED) is 0.654. The van der Waals surface area contributed by atoms with Crippen LogP contribution in [0, 0.1) is 0 Å². The minimum absolute atomic E-state index is 0.928. The maximum Gasteiger partial charge on any atom is 0.125 e. The van der Waals surface area contributed by atoms with Crippen LogP contribution in [0.2, 0.25) is 0 Å². The molecule has 2 heteroatoms. The number of pyridine rings is 1. The number of rotatable bonds is 2. The summed E-state index contributed by atoms with van der Waals surface area (Å²) in [5.74, 6) is 0.944. The molecule has 0 saturated carbocycles. The van der Waals surface area contributed by atoms with Gasteiger partial charge in [-0.1, -0.05) is 6.07 Å². The Kier molecular flexibility index (Phi) is 5.99. The summed E-state index contributed by atoms with van der Waals surface area (Å²) in [6, 6.07) is 5.81. The third kappa shape index (κ3) is 4.14. The van der Waals surface area contributed by atoms with Gasteiger partial charge in [-0.3, -0.25) is 0 Å². The smallest absolute Gasteiger partial charge is 0.125 e. The van der Waals surface area contributed by atoms with Crippen molar-refractivity contribution in [1.29, 1.82) is 0 Å². The van der Waals surface area contributed by atoms with E-state index < -0.39 is 0 Å². The fourth-order valence-electron chi connectivity index (χ4n) is 0.648. The lowest BCUT2D eigenvalue weighted by atomic mass is 10.5. The molecule has 0 aliphatic heterocycles. The lowest BCUT2D eigenvalue weighted by Crippen LogP contribution is -1.97. The van der Waals surface area contributed by atoms with Crippen molar-refractivity contribution in [3.63, 3.8) is 0 Å². The van der Waals surface area contributed by atoms with Gasteiger partial charge in [-0.25, -0.2) is 4.98 Å². The number of hydrogen-bond acceptors (Lipinski definition) is 2. The van der Waals surface area contributed by atoms with Crippen LogP contribution < -0.4 is 5.32 Å². The van der Waals surface area contributed by atoms with E-state index in [-0.39, 0.29) is 0 Å². The summed E-state index contributed by atoms with van der Waals surface area (Å²) >= 11 is 0. The van der Waals surface area contributed by atoms with E-state index in [1.807, 2.05) is 18.2 Å². The number of nitrogens with one attached hydrogen (secondary N) is 1. The summed E-state index contributed by atoms with van der Waals surface area (Å²) < 4.78 is 0. The van der Waals surface area contributed by atoms with Gasteiger partial charge in [0.05, 0.1) is 0 Å². The predicted molar refractivity (Wildman–Crippen MR) is 49.7 cm³/mol. The van der Waals surface area contributed by atoms with Crippen LogP contribution in [-0.2, 0) is 0 Å². The van der Waals surface area contributed by atoms with E-state index in [1.165, 1.54) is 0 Å². The Morgan fingerprint density at radius 3 is 2.64 bits per heavy atom. The normalized spacial score (nSPS) is 7.73. The Morgan fingerprint density at radius 2 is 2.18 bits per heavy atom. The average Bonchev–Trinajstić information content (AvgIpc) is 2.11. The molecule has 0 spiro atoms. The molecule has 0 bridgehead atoms. The molecule has 1 N–H and O–H groups in total. The molecular formula is C9H14N2. The minimum atomic E-state index is 0.928. The van der Waals surface area contributed by atoms with Gasteiger partial charge in [0.1, 0.15) is 5.82 Å². The molecule has 11 heavy (non-hydrogen) atoms. The van der Waals surface area contributed by atoms with Gasteiger partial charge in [0.15, 0.2) is 0 Å². The maximum absolute atomic E-state index is 4.06. The fourth-order valence-corrected chi connectivity index (χ4v) is 0.648. The second-order valence-electron chi connectivity index (χ2n) is 1.75. The first-order chi connectivity index (χ1) is 5.43. The van der Waals surface area contributed by atoms with Crippen LogP contribution in [0.1, 0.15) is 6.92 Å². The summed E-state index contributed by atoms with van der Waals surface area (Å²) in [5.41, 5.74) is 0. The number of hydrogen-bond donors (Lipinski definition) is 1. The molecule has 1 aromatic rings. The highest BCUT2D eigenvalue weighted by Gasteiger charge is 1.83. The molecule has 0 unspecified atom stereocenters. The van der Waals surface area contributed by atoms with Crippen molar-refractivity contribution >= 4 is 5.82 Å². The van der Waals surface area contributed by atoms with Crippen molar-refractivity contribution < 1.29 is 0 Å². The predicted octanol–water partition coefficient (Wildman–Crippen LogP) is 2.32. The summed E-state index contributed by atoms with van der Waals surface area (Å²) in [5, 5.41) is 3.10. The number of nitrogens with zero attached hydrogens (tertiary/aromatic N) is 1. The van der Waals surface area contributed by atoms with Crippen molar-refractivity contribution in [1.82, 2.24) is 4.98 Å². The summed E-state index contributed by atoms with van der Waals surface area (Å²) in [7, 11) is 0. The summed E-state index contributed by atoms with van der Waals surface area (Å²) in [6.07, 6.45) is 1.78. The largest absolute Gasteiger partial charge is 0.370 e. The van der Waals surface area contributed by atoms with E-state index in [1.54, 1.807) is 6.20 Å². The van der Waals surface area contributed by atoms with E-state index >= 15 is 0 Å². The molecule has 1 heterocycles. The molecule has 0 aromatic carbocycles. The zero-order valence-electron chi connectivity index (χ0n) is 6.88. The standard InChI is InChI=1S/C7H10N2.C2H4/c1-2-8-7-5-3-4-6-9-7;1-2/h3-6H,2H2,1H3,(H,8,9);1-2H2. The van der Waals surface area contributed by atoms with Crippen LogP contribution in [0.15, 0.2) is 37.6 Å². The van der Waals surface area contributed by atoms with Gasteiger partial charge in [0.25, 0.3) is 0 Å². The first kappa shape index (κ1) is 9.69. The fraction of sp³-hybridized carbons (Fsp3) is 0.222. The van der Waals surface area contributed by atoms with Gasteiger partial charge >= 0.3 is 0 Å². The van der Waals surface area contributed by atoms with Crippen LogP contribution in [0.3, 0.4) is 0 Å². The van der Waals surface area contributed by atoms with E-state index in [9.17, 15) is 0 Å². The molecule has 60 valence electrons. The molecule has 1 aromatic heterocycles. The lowest BCUT2D eigenvalue weighted by molar-refractivity contribution is 1.16. The Balaban J connectivity index is 0.000000461. The second-order valence-corrected chi connectivity index (χ2v) is 1.75. The van der Waals surface area contributed by atoms with Crippen molar-refractivity contribution in [2.45, 2.75) is 6.92 Å². The third-order valence-electron chi connectivity index (χ3n) is 1.02. The van der Waals surface area contributed by atoms with Crippen molar-refractivity contribution in [2.24, 2.45) is 0 Å². The lowest BCUT2D eigenvalue weighted by Gasteiger charge is -1.97. The Morgan fingerprint density at radius 1 is 1.45 bits per heavy atom. The SMILES string of the molecule is C=C.CCNc1ccccn1. The van der Waals surface area contributed by atoms with Gasteiger partial charge < -0.3 is 5.32 Å². The molecule has 0 radical (unpaired) electrons. The molecule has 0 atom stereocenters. The molecule has 1 rings (SSSR count). The third-order valence-corrected chi connectivity index (χ3v) is 1.02. The Labute approximate surface area is 68.0 Å². The Hall–Kier alpha value is -1.31. The molecule has 0 saturated heterocycles. The number of anilines is 1. The first-order valence-electron chi connectivity index (χ1n) is 3.58. The molecule has 0 fully saturated rings. The molecule has 2 nitrogen and oxygen atoms in total. The van der Waals surface area contributed by atoms with Crippen LogP contribution in [0.5, 0.6) is 0 Å². The van der Waals surface area contributed by atoms with E-state index in [4.69, 9.17) is 0 Å². The Bertz CT molecular complexity index is 172.